The molecule has 3 N–H and O–H groups in total. The number of anilines is 1. The highest BCUT2D eigenvalue weighted by molar-refractivity contribution is 6.26. The average molecular weight is 592 g/mol. The minimum Gasteiger partial charge on any atom is -0.400 e. The summed E-state index contributed by atoms with van der Waals surface area (Å²) in [6.45, 7) is 9.29. The van der Waals surface area contributed by atoms with E-state index in [1.807, 2.05) is 33.0 Å². The minimum absolute atomic E-state index is 0.0411. The van der Waals surface area contributed by atoms with Crippen LogP contribution in [0.25, 0.3) is 0 Å². The Balaban J connectivity index is 2.41. The van der Waals surface area contributed by atoms with E-state index in [-0.39, 0.29) is 11.3 Å². The van der Waals surface area contributed by atoms with E-state index in [2.05, 4.69) is 16.2 Å². The molecule has 9 nitrogen and oxygen atoms in total. The third-order valence-electron chi connectivity index (χ3n) is 6.54. The van der Waals surface area contributed by atoms with Crippen LogP contribution in [0.3, 0.4) is 0 Å². The number of benzene rings is 2. The summed E-state index contributed by atoms with van der Waals surface area (Å²) >= 11 is 0. The van der Waals surface area contributed by atoms with Crippen LogP contribution < -0.4 is 16.2 Å². The van der Waals surface area contributed by atoms with Crippen molar-refractivity contribution in [3.63, 3.8) is 0 Å². The SMILES string of the molecule is C[SiH2]OC(O[SiH2]C)C(C)(C)[C@H](C)[C@@H](Nc1ccc(C#N)c(C(F)(F)F)c1)C(=O)NNC(=O)c1ccc(C#N)cc1. The van der Waals surface area contributed by atoms with E-state index >= 15 is 0 Å². The van der Waals surface area contributed by atoms with Crippen molar-refractivity contribution in [2.75, 3.05) is 5.32 Å². The maximum Gasteiger partial charge on any atom is 0.417 e. The molecule has 0 aliphatic heterocycles. The van der Waals surface area contributed by atoms with Gasteiger partial charge in [-0.15, -0.1) is 0 Å². The van der Waals surface area contributed by atoms with Gasteiger partial charge in [-0.3, -0.25) is 20.4 Å². The van der Waals surface area contributed by atoms with E-state index in [0.717, 1.165) is 12.1 Å². The van der Waals surface area contributed by atoms with Crippen molar-refractivity contribution in [2.24, 2.45) is 11.3 Å². The summed E-state index contributed by atoms with van der Waals surface area (Å²) in [5.41, 5.74) is 2.68. The number of carbonyl (C=O) groups is 2. The average Bonchev–Trinajstić information content (AvgIpc) is 2.93. The number of rotatable bonds is 11. The van der Waals surface area contributed by atoms with E-state index in [1.165, 1.54) is 36.4 Å². The number of hydrogen-bond acceptors (Lipinski definition) is 7. The Morgan fingerprint density at radius 3 is 2.05 bits per heavy atom. The summed E-state index contributed by atoms with van der Waals surface area (Å²) in [4.78, 5) is 26.0. The number of carbonyl (C=O) groups excluding carboxylic acids is 2. The van der Waals surface area contributed by atoms with Crippen LogP contribution in [-0.2, 0) is 19.8 Å². The summed E-state index contributed by atoms with van der Waals surface area (Å²) in [5, 5.41) is 20.9. The molecule has 0 spiro atoms. The number of amides is 2. The van der Waals surface area contributed by atoms with E-state index < -0.39 is 72.3 Å². The maximum atomic E-state index is 13.6. The van der Waals surface area contributed by atoms with Gasteiger partial charge < -0.3 is 14.2 Å². The fourth-order valence-corrected chi connectivity index (χ4v) is 5.80. The molecule has 2 rings (SSSR count). The van der Waals surface area contributed by atoms with Crippen molar-refractivity contribution in [1.82, 2.24) is 10.9 Å². The number of nitrogens with zero attached hydrogens (tertiary/aromatic N) is 2. The highest BCUT2D eigenvalue weighted by Gasteiger charge is 2.43. The second-order valence-corrected chi connectivity index (χ2v) is 11.3. The van der Waals surface area contributed by atoms with Crippen LogP contribution in [0.2, 0.25) is 13.1 Å². The van der Waals surface area contributed by atoms with Crippen LogP contribution in [0.5, 0.6) is 0 Å². The predicted octanol–water partition coefficient (Wildman–Crippen LogP) is 2.98. The van der Waals surface area contributed by atoms with E-state index in [0.29, 0.717) is 5.56 Å². The van der Waals surface area contributed by atoms with Gasteiger partial charge in [0.25, 0.3) is 11.8 Å². The molecule has 0 aromatic heterocycles. The van der Waals surface area contributed by atoms with Gasteiger partial charge in [-0.05, 0) is 48.4 Å². The first-order valence-corrected chi connectivity index (χ1v) is 16.5. The first kappa shape index (κ1) is 32.5. The van der Waals surface area contributed by atoms with Gasteiger partial charge in [0, 0.05) is 16.7 Å². The number of hydrazine groups is 1. The van der Waals surface area contributed by atoms with E-state index in [1.54, 1.807) is 6.92 Å². The largest absolute Gasteiger partial charge is 0.417 e. The lowest BCUT2D eigenvalue weighted by Gasteiger charge is -2.42. The number of hydrogen-bond donors (Lipinski definition) is 3. The summed E-state index contributed by atoms with van der Waals surface area (Å²) in [6.07, 6.45) is -5.42. The van der Waals surface area contributed by atoms with Crippen LogP contribution in [-0.4, -0.2) is 43.7 Å². The fraction of sp³-hybridized carbons (Fsp3) is 0.385. The molecule has 0 unspecified atom stereocenters. The monoisotopic (exact) mass is 591 g/mol. The Bertz CT molecular complexity index is 1270. The highest BCUT2D eigenvalue weighted by Crippen LogP contribution is 2.38. The maximum absolute atomic E-state index is 13.6. The Morgan fingerprint density at radius 1 is 0.950 bits per heavy atom. The summed E-state index contributed by atoms with van der Waals surface area (Å²) < 4.78 is 52.7. The molecule has 0 aliphatic carbocycles. The van der Waals surface area contributed by atoms with Gasteiger partial charge in [0.1, 0.15) is 12.3 Å². The Kier molecular flexibility index (Phi) is 11.5. The van der Waals surface area contributed by atoms with Crippen LogP contribution in [0, 0.1) is 34.0 Å². The molecule has 0 bridgehead atoms. The van der Waals surface area contributed by atoms with Crippen molar-refractivity contribution in [3.05, 3.63) is 64.7 Å². The van der Waals surface area contributed by atoms with E-state index in [4.69, 9.17) is 19.4 Å². The molecule has 0 saturated carbocycles. The lowest BCUT2D eigenvalue weighted by atomic mass is 9.74. The van der Waals surface area contributed by atoms with Gasteiger partial charge >= 0.3 is 6.18 Å². The minimum atomic E-state index is -4.79. The lowest BCUT2D eigenvalue weighted by Crippen LogP contribution is -2.55. The predicted molar refractivity (Wildman–Crippen MR) is 148 cm³/mol. The lowest BCUT2D eigenvalue weighted by molar-refractivity contribution is -0.137. The van der Waals surface area contributed by atoms with Crippen LogP contribution >= 0.6 is 0 Å². The molecule has 0 heterocycles. The quantitative estimate of drug-likeness (QED) is 0.208. The molecule has 0 fully saturated rings. The molecule has 0 aliphatic rings. The first-order valence-electron chi connectivity index (χ1n) is 12.5. The Hall–Kier alpha value is -3.70. The fourth-order valence-electron chi connectivity index (χ4n) is 3.95. The van der Waals surface area contributed by atoms with Crippen molar-refractivity contribution < 1.29 is 31.6 Å². The van der Waals surface area contributed by atoms with Crippen LogP contribution in [0.4, 0.5) is 18.9 Å². The zero-order valence-electron chi connectivity index (χ0n) is 22.8. The topological polar surface area (TPSA) is 136 Å². The molecular weight excluding hydrogens is 559 g/mol. The van der Waals surface area contributed by atoms with Crippen molar-refractivity contribution in [2.45, 2.75) is 52.4 Å². The number of nitriles is 2. The second kappa shape index (κ2) is 14.1. The molecule has 14 heteroatoms. The third-order valence-corrected chi connectivity index (χ3v) is 7.81. The van der Waals surface area contributed by atoms with Crippen molar-refractivity contribution in [1.29, 1.82) is 10.5 Å². The second-order valence-electron chi connectivity index (χ2n) is 9.48. The molecule has 0 saturated heterocycles. The highest BCUT2D eigenvalue weighted by atomic mass is 28.2. The van der Waals surface area contributed by atoms with Crippen LogP contribution in [0.1, 0.15) is 47.8 Å². The van der Waals surface area contributed by atoms with Gasteiger partial charge in [0.15, 0.2) is 19.5 Å². The van der Waals surface area contributed by atoms with Gasteiger partial charge in [0.05, 0.1) is 28.8 Å². The number of nitrogens with one attached hydrogen (secondary N) is 3. The molecule has 40 heavy (non-hydrogen) atoms. The molecule has 214 valence electrons. The van der Waals surface area contributed by atoms with Gasteiger partial charge in [-0.25, -0.2) is 0 Å². The van der Waals surface area contributed by atoms with Gasteiger partial charge in [-0.1, -0.05) is 33.9 Å². The zero-order chi connectivity index (χ0) is 30.1. The molecule has 0 radical (unpaired) electrons. The Labute approximate surface area is 235 Å². The molecule has 2 aromatic rings. The molecule has 2 amide bonds. The van der Waals surface area contributed by atoms with Crippen molar-refractivity contribution >= 4 is 37.0 Å². The van der Waals surface area contributed by atoms with E-state index in [9.17, 15) is 22.8 Å². The van der Waals surface area contributed by atoms with Crippen LogP contribution in [0.15, 0.2) is 42.5 Å². The van der Waals surface area contributed by atoms with Crippen molar-refractivity contribution in [3.8, 4) is 12.1 Å². The summed E-state index contributed by atoms with van der Waals surface area (Å²) in [7, 11) is -1.81. The summed E-state index contributed by atoms with van der Waals surface area (Å²) in [5.74, 6) is -1.96. The first-order chi connectivity index (χ1) is 18.8. The van der Waals surface area contributed by atoms with Gasteiger partial charge in [-0.2, -0.15) is 23.7 Å². The molecule has 2 atom stereocenters. The standard InChI is InChI=1S/C26H32F3N5O4Si2/c1-15(25(2,3)24(37-39-4)38-40-5)21(32-19-11-10-18(14-31)20(12-19)26(27,28)29)23(36)34-33-22(35)17-8-6-16(13-30)7-9-17/h6-12,15,21,24,32H,39-40H2,1-5H3,(H,33,35)(H,34,36)/t15-,21-/m1/s1. The molecule has 2 aromatic carbocycles. The third kappa shape index (κ3) is 8.16. The zero-order valence-corrected chi connectivity index (χ0v) is 25.7. The Morgan fingerprint density at radius 2 is 1.55 bits per heavy atom. The summed E-state index contributed by atoms with van der Waals surface area (Å²) in [6, 6.07) is 11.1. The van der Waals surface area contributed by atoms with Gasteiger partial charge in [0.2, 0.25) is 0 Å². The number of alkyl halides is 3. The normalized spacial score (nSPS) is 14.3. The molecular formula is C26H32F3N5O4Si2. The smallest absolute Gasteiger partial charge is 0.400 e. The number of halogens is 3.